The SMILES string of the molecule is CCOC(=O)C=C(c1cc(CSC#N)c(C)o1)P(=O)(OCC)OCC. The Hall–Kier alpha value is -1.52. The summed E-state index contributed by atoms with van der Waals surface area (Å²) in [7, 11) is -3.77. The smallest absolute Gasteiger partial charge is 0.365 e. The number of thiocyanates is 1. The van der Waals surface area contributed by atoms with E-state index >= 15 is 0 Å². The second-order valence-electron chi connectivity index (χ2n) is 4.69. The first-order chi connectivity index (χ1) is 11.9. The molecule has 0 saturated heterocycles. The van der Waals surface area contributed by atoms with Crippen molar-refractivity contribution in [2.24, 2.45) is 0 Å². The number of ether oxygens (including phenoxy) is 1. The predicted molar refractivity (Wildman–Crippen MR) is 95.8 cm³/mol. The van der Waals surface area contributed by atoms with E-state index in [1.165, 1.54) is 0 Å². The van der Waals surface area contributed by atoms with Crippen LogP contribution in [0.15, 0.2) is 16.6 Å². The van der Waals surface area contributed by atoms with Crippen LogP contribution in [0, 0.1) is 17.6 Å². The molecule has 1 aromatic rings. The number of hydrogen-bond donors (Lipinski definition) is 0. The van der Waals surface area contributed by atoms with E-state index in [9.17, 15) is 9.36 Å². The quantitative estimate of drug-likeness (QED) is 0.251. The lowest BCUT2D eigenvalue weighted by Gasteiger charge is -2.18. The van der Waals surface area contributed by atoms with Gasteiger partial charge in [0, 0.05) is 17.4 Å². The maximum absolute atomic E-state index is 13.2. The van der Waals surface area contributed by atoms with Crippen LogP contribution in [-0.4, -0.2) is 25.8 Å². The molecule has 0 spiro atoms. The summed E-state index contributed by atoms with van der Waals surface area (Å²) < 4.78 is 34.4. The van der Waals surface area contributed by atoms with Gasteiger partial charge >= 0.3 is 13.6 Å². The molecule has 0 aliphatic carbocycles. The van der Waals surface area contributed by atoms with E-state index in [0.717, 1.165) is 23.4 Å². The summed E-state index contributed by atoms with van der Waals surface area (Å²) in [6, 6.07) is 1.63. The molecule has 0 atom stereocenters. The zero-order chi connectivity index (χ0) is 18.9. The van der Waals surface area contributed by atoms with Gasteiger partial charge in [-0.2, -0.15) is 5.26 Å². The van der Waals surface area contributed by atoms with E-state index < -0.39 is 13.6 Å². The summed E-state index contributed by atoms with van der Waals surface area (Å²) in [5.41, 5.74) is 0.760. The highest BCUT2D eigenvalue weighted by molar-refractivity contribution is 8.02. The largest absolute Gasteiger partial charge is 0.463 e. The van der Waals surface area contributed by atoms with Crippen molar-refractivity contribution in [3.05, 3.63) is 29.2 Å². The second-order valence-corrected chi connectivity index (χ2v) is 7.44. The lowest BCUT2D eigenvalue weighted by Crippen LogP contribution is -2.04. The first-order valence-corrected chi connectivity index (χ1v) is 10.3. The highest BCUT2D eigenvalue weighted by Crippen LogP contribution is 2.60. The highest BCUT2D eigenvalue weighted by atomic mass is 32.2. The number of rotatable bonds is 10. The van der Waals surface area contributed by atoms with E-state index in [4.69, 9.17) is 23.5 Å². The fourth-order valence-electron chi connectivity index (χ4n) is 2.00. The molecule has 1 aromatic heterocycles. The van der Waals surface area contributed by atoms with Gasteiger partial charge in [0.25, 0.3) is 0 Å². The molecule has 0 aromatic carbocycles. The van der Waals surface area contributed by atoms with Gasteiger partial charge in [-0.3, -0.25) is 4.57 Å². The zero-order valence-corrected chi connectivity index (χ0v) is 16.4. The molecule has 0 amide bonds. The second kappa shape index (κ2) is 10.5. The van der Waals surface area contributed by atoms with Gasteiger partial charge in [-0.05, 0) is 45.5 Å². The van der Waals surface area contributed by atoms with Gasteiger partial charge in [0.1, 0.15) is 22.2 Å². The third kappa shape index (κ3) is 6.05. The van der Waals surface area contributed by atoms with Crippen molar-refractivity contribution < 1.29 is 27.6 Å². The van der Waals surface area contributed by atoms with Gasteiger partial charge in [-0.15, -0.1) is 0 Å². The molecule has 0 aliphatic rings. The summed E-state index contributed by atoms with van der Waals surface area (Å²) in [5.74, 6) is 0.502. The molecule has 0 bridgehead atoms. The number of carbonyl (C=O) groups excluding carboxylic acids is 1. The molecular weight excluding hydrogens is 365 g/mol. The van der Waals surface area contributed by atoms with E-state index in [-0.39, 0.29) is 30.9 Å². The summed E-state index contributed by atoms with van der Waals surface area (Å²) in [6.07, 6.45) is 1.08. The molecule has 0 aliphatic heterocycles. The number of hydrogen-bond acceptors (Lipinski definition) is 8. The molecule has 7 nitrogen and oxygen atoms in total. The first-order valence-electron chi connectivity index (χ1n) is 7.80. The molecule has 1 heterocycles. The van der Waals surface area contributed by atoms with Gasteiger partial charge < -0.3 is 18.2 Å². The molecule has 138 valence electrons. The van der Waals surface area contributed by atoms with E-state index in [1.807, 2.05) is 5.40 Å². The molecule has 9 heteroatoms. The van der Waals surface area contributed by atoms with Crippen molar-refractivity contribution in [1.82, 2.24) is 0 Å². The van der Waals surface area contributed by atoms with Gasteiger partial charge in [0.05, 0.1) is 19.8 Å². The minimum Gasteiger partial charge on any atom is -0.463 e. The monoisotopic (exact) mass is 387 g/mol. The number of nitriles is 1. The van der Waals surface area contributed by atoms with Crippen LogP contribution in [0.25, 0.3) is 5.31 Å². The average Bonchev–Trinajstić information content (AvgIpc) is 2.91. The minimum absolute atomic E-state index is 0.00552. The number of thioether (sulfide) groups is 1. The Kier molecular flexibility index (Phi) is 9.01. The van der Waals surface area contributed by atoms with Crippen LogP contribution in [0.1, 0.15) is 37.9 Å². The fourth-order valence-corrected chi connectivity index (χ4v) is 4.18. The third-order valence-electron chi connectivity index (χ3n) is 3.00. The molecule has 0 radical (unpaired) electrons. The minimum atomic E-state index is -3.77. The lowest BCUT2D eigenvalue weighted by atomic mass is 10.2. The summed E-state index contributed by atoms with van der Waals surface area (Å²) in [6.45, 7) is 7.20. The number of aryl methyl sites for hydroxylation is 1. The Balaban J connectivity index is 3.39. The Morgan fingerprint density at radius 3 is 2.48 bits per heavy atom. The maximum Gasteiger partial charge on any atom is 0.365 e. The van der Waals surface area contributed by atoms with Crippen LogP contribution in [0.5, 0.6) is 0 Å². The van der Waals surface area contributed by atoms with Crippen LogP contribution < -0.4 is 0 Å². The normalized spacial score (nSPS) is 12.0. The maximum atomic E-state index is 13.2. The lowest BCUT2D eigenvalue weighted by molar-refractivity contribution is -0.137. The Bertz CT molecular complexity index is 696. The number of furan rings is 1. The van der Waals surface area contributed by atoms with Crippen LogP contribution in [0.2, 0.25) is 0 Å². The number of nitrogens with zero attached hydrogens (tertiary/aromatic N) is 1. The van der Waals surface area contributed by atoms with Crippen LogP contribution in [-0.2, 0) is 28.9 Å². The Morgan fingerprint density at radius 1 is 1.32 bits per heavy atom. The molecule has 0 unspecified atom stereocenters. The molecule has 0 fully saturated rings. The number of esters is 1. The van der Waals surface area contributed by atoms with E-state index in [1.54, 1.807) is 33.8 Å². The third-order valence-corrected chi connectivity index (χ3v) is 5.72. The van der Waals surface area contributed by atoms with Crippen molar-refractivity contribution in [2.75, 3.05) is 19.8 Å². The Morgan fingerprint density at radius 2 is 1.96 bits per heavy atom. The molecular formula is C16H22NO6PS. The zero-order valence-electron chi connectivity index (χ0n) is 14.7. The van der Waals surface area contributed by atoms with Crippen LogP contribution in [0.3, 0.4) is 0 Å². The number of carbonyl (C=O) groups is 1. The summed E-state index contributed by atoms with van der Waals surface area (Å²) in [5, 5.41) is 10.7. The molecule has 0 N–H and O–H groups in total. The molecule has 25 heavy (non-hydrogen) atoms. The van der Waals surface area contributed by atoms with Gasteiger partial charge in [-0.25, -0.2) is 4.79 Å². The van der Waals surface area contributed by atoms with Crippen molar-refractivity contribution in [3.63, 3.8) is 0 Å². The predicted octanol–water partition coefficient (Wildman–Crippen LogP) is 4.47. The van der Waals surface area contributed by atoms with E-state index in [0.29, 0.717) is 11.5 Å². The van der Waals surface area contributed by atoms with Crippen LogP contribution in [0.4, 0.5) is 0 Å². The summed E-state index contributed by atoms with van der Waals surface area (Å²) >= 11 is 1.05. The van der Waals surface area contributed by atoms with Gasteiger partial charge in [-0.1, -0.05) is 0 Å². The van der Waals surface area contributed by atoms with Crippen LogP contribution >= 0.6 is 19.4 Å². The van der Waals surface area contributed by atoms with Crippen molar-refractivity contribution in [3.8, 4) is 5.40 Å². The highest BCUT2D eigenvalue weighted by Gasteiger charge is 2.34. The van der Waals surface area contributed by atoms with Gasteiger partial charge in [0.2, 0.25) is 0 Å². The Labute approximate surface area is 151 Å². The fraction of sp³-hybridized carbons (Fsp3) is 0.500. The van der Waals surface area contributed by atoms with Gasteiger partial charge in [0.15, 0.2) is 0 Å². The molecule has 0 saturated carbocycles. The average molecular weight is 387 g/mol. The van der Waals surface area contributed by atoms with E-state index in [2.05, 4.69) is 0 Å². The summed E-state index contributed by atoms with van der Waals surface area (Å²) in [4.78, 5) is 11.9. The standard InChI is InChI=1S/C16H22NO6PS/c1-5-20-16(18)9-15(24(19,21-6-2)22-7-3)14-8-13(10-25-11-17)12(4)23-14/h8-9H,5-7,10H2,1-4H3. The van der Waals surface area contributed by atoms with Crippen molar-refractivity contribution >= 4 is 30.6 Å². The topological polar surface area (TPSA) is 98.8 Å². The molecule has 1 rings (SSSR count). The van der Waals surface area contributed by atoms with Crippen molar-refractivity contribution in [2.45, 2.75) is 33.4 Å². The first kappa shape index (κ1) is 21.5. The van der Waals surface area contributed by atoms with Crippen molar-refractivity contribution in [1.29, 1.82) is 5.26 Å².